The number of alkyl carbamates (subject to hydrolysis) is 1. The Morgan fingerprint density at radius 3 is 2.03 bits per heavy atom. The molecule has 1 unspecified atom stereocenters. The first-order valence-corrected chi connectivity index (χ1v) is 8.72. The highest BCUT2D eigenvalue weighted by Gasteiger charge is 2.47. The average Bonchev–Trinajstić information content (AvgIpc) is 2.98. The molecule has 5 nitrogen and oxygen atoms in total. The van der Waals surface area contributed by atoms with Crippen molar-refractivity contribution in [2.45, 2.75) is 30.7 Å². The number of benzene rings is 2. The third kappa shape index (κ3) is 4.49. The second-order valence-electron chi connectivity index (χ2n) is 6.62. The summed E-state index contributed by atoms with van der Waals surface area (Å²) < 4.78 is 56.4. The molecule has 9 heteroatoms. The monoisotopic (exact) mass is 411 g/mol. The maximum Gasteiger partial charge on any atom is 0.421 e. The van der Waals surface area contributed by atoms with Gasteiger partial charge >= 0.3 is 18.2 Å². The predicted octanol–water partition coefficient (Wildman–Crippen LogP) is 4.27. The van der Waals surface area contributed by atoms with Gasteiger partial charge in [-0.2, -0.15) is 13.2 Å². The molecule has 0 aromatic heterocycles. The highest BCUT2D eigenvalue weighted by molar-refractivity contribution is 5.79. The van der Waals surface area contributed by atoms with Gasteiger partial charge in [0.1, 0.15) is 6.61 Å². The van der Waals surface area contributed by atoms with E-state index >= 15 is 0 Å². The van der Waals surface area contributed by atoms with Gasteiger partial charge in [0.2, 0.25) is 6.17 Å². The zero-order valence-electron chi connectivity index (χ0n) is 14.9. The molecular weight excluding hydrogens is 394 g/mol. The summed E-state index contributed by atoms with van der Waals surface area (Å²) in [6.07, 6.45) is -11.4. The lowest BCUT2D eigenvalue weighted by Crippen LogP contribution is -2.49. The Bertz CT molecular complexity index is 870. The number of carboxylic acid groups (broad SMARTS) is 1. The van der Waals surface area contributed by atoms with Gasteiger partial charge in [0.15, 0.2) is 0 Å². The number of aliphatic carboxylic acids is 1. The van der Waals surface area contributed by atoms with E-state index in [-0.39, 0.29) is 12.5 Å². The van der Waals surface area contributed by atoms with Crippen LogP contribution in [-0.2, 0) is 9.53 Å². The summed E-state index contributed by atoms with van der Waals surface area (Å²) in [6.45, 7) is -0.192. The highest BCUT2D eigenvalue weighted by Crippen LogP contribution is 2.44. The smallest absolute Gasteiger partial charge is 0.421 e. The van der Waals surface area contributed by atoms with E-state index in [1.54, 1.807) is 5.32 Å². The zero-order chi connectivity index (χ0) is 21.2. The molecular formula is C20H17F4NO4. The maximum atomic E-state index is 13.6. The zero-order valence-corrected chi connectivity index (χ0v) is 14.9. The molecule has 0 radical (unpaired) electrons. The van der Waals surface area contributed by atoms with Crippen LogP contribution in [0.3, 0.4) is 0 Å². The molecule has 1 aliphatic rings. The van der Waals surface area contributed by atoms with E-state index in [9.17, 15) is 27.2 Å². The van der Waals surface area contributed by atoms with Crippen molar-refractivity contribution in [3.05, 3.63) is 59.7 Å². The van der Waals surface area contributed by atoms with Crippen molar-refractivity contribution < 1.29 is 37.0 Å². The third-order valence-electron chi connectivity index (χ3n) is 4.71. The van der Waals surface area contributed by atoms with Gasteiger partial charge in [-0.05, 0) is 22.3 Å². The Labute approximate surface area is 163 Å². The summed E-state index contributed by atoms with van der Waals surface area (Å²) in [6, 6.07) is 12.6. The van der Waals surface area contributed by atoms with E-state index in [1.807, 2.05) is 48.5 Å². The molecule has 0 spiro atoms. The van der Waals surface area contributed by atoms with E-state index < -0.39 is 36.9 Å². The molecule has 1 amide bonds. The van der Waals surface area contributed by atoms with Gasteiger partial charge < -0.3 is 15.2 Å². The van der Waals surface area contributed by atoms with Crippen LogP contribution in [0.4, 0.5) is 22.4 Å². The van der Waals surface area contributed by atoms with Gasteiger partial charge in [0.25, 0.3) is 0 Å². The Hall–Kier alpha value is -3.10. The molecule has 0 fully saturated rings. The second kappa shape index (κ2) is 8.10. The molecule has 0 saturated carbocycles. The highest BCUT2D eigenvalue weighted by atomic mass is 19.4. The van der Waals surface area contributed by atoms with Gasteiger partial charge in [-0.3, -0.25) is 4.79 Å². The van der Waals surface area contributed by atoms with Crippen LogP contribution in [0.15, 0.2) is 48.5 Å². The molecule has 0 aliphatic heterocycles. The second-order valence-corrected chi connectivity index (χ2v) is 6.62. The van der Waals surface area contributed by atoms with Gasteiger partial charge in [-0.15, -0.1) is 0 Å². The van der Waals surface area contributed by atoms with Crippen LogP contribution >= 0.6 is 0 Å². The Balaban J connectivity index is 1.71. The van der Waals surface area contributed by atoms with Crippen molar-refractivity contribution in [1.82, 2.24) is 5.32 Å². The first-order chi connectivity index (χ1) is 13.7. The lowest BCUT2D eigenvalue weighted by atomic mass is 9.98. The number of fused-ring (bicyclic) bond motifs is 3. The number of ether oxygens (including phenoxy) is 1. The third-order valence-corrected chi connectivity index (χ3v) is 4.71. The van der Waals surface area contributed by atoms with Gasteiger partial charge in [0.05, 0.1) is 12.5 Å². The minimum atomic E-state index is -5.31. The lowest BCUT2D eigenvalue weighted by molar-refractivity contribution is -0.188. The van der Waals surface area contributed by atoms with Crippen molar-refractivity contribution in [3.8, 4) is 11.1 Å². The number of amides is 1. The molecule has 1 aliphatic carbocycles. The molecule has 3 rings (SSSR count). The Kier molecular flexibility index (Phi) is 5.76. The molecule has 2 atom stereocenters. The fourth-order valence-corrected chi connectivity index (χ4v) is 3.44. The van der Waals surface area contributed by atoms with Crippen LogP contribution in [-0.4, -0.2) is 42.2 Å². The van der Waals surface area contributed by atoms with E-state index in [0.29, 0.717) is 0 Å². The largest absolute Gasteiger partial charge is 0.481 e. The summed E-state index contributed by atoms with van der Waals surface area (Å²) in [4.78, 5) is 22.7. The average molecular weight is 411 g/mol. The summed E-state index contributed by atoms with van der Waals surface area (Å²) >= 11 is 0. The van der Waals surface area contributed by atoms with Crippen LogP contribution in [0, 0.1) is 0 Å². The van der Waals surface area contributed by atoms with Crippen LogP contribution in [0.2, 0.25) is 0 Å². The van der Waals surface area contributed by atoms with Crippen LogP contribution < -0.4 is 5.32 Å². The molecule has 2 N–H and O–H groups in total. The van der Waals surface area contributed by atoms with Gasteiger partial charge in [-0.25, -0.2) is 9.18 Å². The predicted molar refractivity (Wildman–Crippen MR) is 95.2 cm³/mol. The van der Waals surface area contributed by atoms with Crippen LogP contribution in [0.5, 0.6) is 0 Å². The lowest BCUT2D eigenvalue weighted by Gasteiger charge is -2.23. The van der Waals surface area contributed by atoms with Crippen molar-refractivity contribution in [3.63, 3.8) is 0 Å². The number of rotatable bonds is 6. The first kappa shape index (κ1) is 20.6. The SMILES string of the molecule is O=C(O)C[C@H](NC(=O)OCC1c2ccccc2-c2ccccc21)C(F)C(F)(F)F. The molecule has 0 saturated heterocycles. The number of carbonyl (C=O) groups is 2. The minimum absolute atomic E-state index is 0.192. The summed E-state index contributed by atoms with van der Waals surface area (Å²) in [5, 5.41) is 10.4. The Morgan fingerprint density at radius 2 is 1.55 bits per heavy atom. The number of hydrogen-bond donors (Lipinski definition) is 2. The van der Waals surface area contributed by atoms with Crippen molar-refractivity contribution in [2.24, 2.45) is 0 Å². The summed E-state index contributed by atoms with van der Waals surface area (Å²) in [5.74, 6) is -2.02. The molecule has 154 valence electrons. The number of carboxylic acids is 1. The quantitative estimate of drug-likeness (QED) is 0.697. The summed E-state index contributed by atoms with van der Waals surface area (Å²) in [7, 11) is 0. The number of halogens is 4. The number of hydrogen-bond acceptors (Lipinski definition) is 3. The number of alkyl halides is 4. The van der Waals surface area contributed by atoms with Crippen LogP contribution in [0.25, 0.3) is 11.1 Å². The summed E-state index contributed by atoms with van der Waals surface area (Å²) in [5.41, 5.74) is 3.70. The van der Waals surface area contributed by atoms with Crippen molar-refractivity contribution in [1.29, 1.82) is 0 Å². The van der Waals surface area contributed by atoms with Crippen molar-refractivity contribution >= 4 is 12.1 Å². The Morgan fingerprint density at radius 1 is 1.03 bits per heavy atom. The van der Waals surface area contributed by atoms with E-state index in [0.717, 1.165) is 22.3 Å². The number of nitrogens with one attached hydrogen (secondary N) is 1. The fraction of sp³-hybridized carbons (Fsp3) is 0.300. The maximum absolute atomic E-state index is 13.6. The van der Waals surface area contributed by atoms with E-state index in [4.69, 9.17) is 9.84 Å². The number of carbonyl (C=O) groups excluding carboxylic acids is 1. The molecule has 0 bridgehead atoms. The van der Waals surface area contributed by atoms with E-state index in [2.05, 4.69) is 0 Å². The standard InChI is InChI=1S/C20H17F4NO4/c21-18(20(22,23)24)16(9-17(26)27)25-19(28)29-10-15-13-7-3-1-5-11(13)12-6-2-4-8-14(12)15/h1-8,15-16,18H,9-10H2,(H,25,28)(H,26,27)/t16-,18?/m0/s1. The molecule has 0 heterocycles. The first-order valence-electron chi connectivity index (χ1n) is 8.72. The minimum Gasteiger partial charge on any atom is -0.481 e. The van der Waals surface area contributed by atoms with Gasteiger partial charge in [-0.1, -0.05) is 48.5 Å². The van der Waals surface area contributed by atoms with Gasteiger partial charge in [0, 0.05) is 5.92 Å². The topological polar surface area (TPSA) is 75.6 Å². The molecule has 2 aromatic rings. The normalized spacial score (nSPS) is 15.2. The van der Waals surface area contributed by atoms with Crippen molar-refractivity contribution in [2.75, 3.05) is 6.61 Å². The molecule has 2 aromatic carbocycles. The van der Waals surface area contributed by atoms with E-state index in [1.165, 1.54) is 0 Å². The fourth-order valence-electron chi connectivity index (χ4n) is 3.44. The molecule has 29 heavy (non-hydrogen) atoms. The van der Waals surface area contributed by atoms with Crippen LogP contribution in [0.1, 0.15) is 23.5 Å².